The van der Waals surface area contributed by atoms with Gasteiger partial charge in [-0.25, -0.2) is 8.42 Å². The van der Waals surface area contributed by atoms with Gasteiger partial charge in [-0.3, -0.25) is 4.79 Å². The van der Waals surface area contributed by atoms with Crippen LogP contribution in [0.25, 0.3) is 0 Å². The number of thioether (sulfide) groups is 1. The lowest BCUT2D eigenvalue weighted by atomic mass is 9.86. The minimum atomic E-state index is -2.90. The first-order valence-corrected chi connectivity index (χ1v) is 9.25. The zero-order chi connectivity index (χ0) is 13.8. The molecule has 0 aromatic carbocycles. The van der Waals surface area contributed by atoms with E-state index in [1.54, 1.807) is 11.8 Å². The van der Waals surface area contributed by atoms with E-state index in [2.05, 4.69) is 0 Å². The molecule has 106 valence electrons. The molecule has 1 rings (SSSR count). The third-order valence-corrected chi connectivity index (χ3v) is 5.70. The van der Waals surface area contributed by atoms with Crippen molar-refractivity contribution in [3.05, 3.63) is 0 Å². The minimum Gasteiger partial charge on any atom is -0.480 e. The predicted molar refractivity (Wildman–Crippen MR) is 73.5 cm³/mol. The smallest absolute Gasteiger partial charge is 0.323 e. The molecule has 0 saturated heterocycles. The molecule has 0 amide bonds. The fourth-order valence-corrected chi connectivity index (χ4v) is 4.66. The molecule has 5 nitrogen and oxygen atoms in total. The number of rotatable bonds is 7. The van der Waals surface area contributed by atoms with E-state index in [0.717, 1.165) is 25.0 Å². The summed E-state index contributed by atoms with van der Waals surface area (Å²) in [6, 6.07) is 0. The third kappa shape index (κ3) is 4.44. The van der Waals surface area contributed by atoms with Crippen LogP contribution in [0.2, 0.25) is 0 Å². The molecule has 0 heterocycles. The molecule has 0 aromatic heterocycles. The molecule has 0 aliphatic heterocycles. The number of hydrogen-bond acceptors (Lipinski definition) is 5. The Morgan fingerprint density at radius 1 is 1.50 bits per heavy atom. The largest absolute Gasteiger partial charge is 0.480 e. The zero-order valence-corrected chi connectivity index (χ0v) is 12.2. The van der Waals surface area contributed by atoms with Gasteiger partial charge in [0, 0.05) is 12.0 Å². The summed E-state index contributed by atoms with van der Waals surface area (Å²) in [4.78, 5) is 11.1. The predicted octanol–water partition coefficient (Wildman–Crippen LogP) is 0.737. The van der Waals surface area contributed by atoms with Crippen LogP contribution in [0.1, 0.15) is 25.7 Å². The van der Waals surface area contributed by atoms with Gasteiger partial charge in [0.05, 0.1) is 5.75 Å². The number of carbonyl (C=O) groups is 1. The second-order valence-corrected chi connectivity index (χ2v) is 8.45. The normalized spacial score (nSPS) is 28.4. The molecule has 0 bridgehead atoms. The van der Waals surface area contributed by atoms with E-state index in [4.69, 9.17) is 10.8 Å². The summed E-state index contributed by atoms with van der Waals surface area (Å²) in [6.07, 6.45) is 4.23. The summed E-state index contributed by atoms with van der Waals surface area (Å²) < 4.78 is 21.9. The van der Waals surface area contributed by atoms with Crippen LogP contribution in [-0.2, 0) is 14.6 Å². The van der Waals surface area contributed by atoms with Crippen LogP contribution in [0.3, 0.4) is 0 Å². The van der Waals surface area contributed by atoms with Crippen molar-refractivity contribution in [1.82, 2.24) is 0 Å². The Hall–Kier alpha value is -0.270. The summed E-state index contributed by atoms with van der Waals surface area (Å²) in [5, 5.41) is 9.14. The monoisotopic (exact) mass is 295 g/mol. The second kappa shape index (κ2) is 6.25. The number of hydrogen-bond donors (Lipinski definition) is 2. The highest BCUT2D eigenvalue weighted by molar-refractivity contribution is 8.00. The van der Waals surface area contributed by atoms with Gasteiger partial charge in [-0.1, -0.05) is 6.42 Å². The number of sulfone groups is 1. The summed E-state index contributed by atoms with van der Waals surface area (Å²) >= 11 is 1.55. The van der Waals surface area contributed by atoms with Gasteiger partial charge >= 0.3 is 5.97 Å². The zero-order valence-electron chi connectivity index (χ0n) is 10.6. The van der Waals surface area contributed by atoms with Crippen molar-refractivity contribution >= 4 is 27.6 Å². The molecule has 1 saturated carbocycles. The van der Waals surface area contributed by atoms with Crippen molar-refractivity contribution in [2.75, 3.05) is 23.5 Å². The van der Waals surface area contributed by atoms with E-state index >= 15 is 0 Å². The van der Waals surface area contributed by atoms with E-state index in [1.807, 2.05) is 0 Å². The van der Waals surface area contributed by atoms with Crippen LogP contribution in [0.4, 0.5) is 0 Å². The molecule has 0 radical (unpaired) electrons. The Morgan fingerprint density at radius 3 is 2.72 bits per heavy atom. The first-order chi connectivity index (χ1) is 8.26. The summed E-state index contributed by atoms with van der Waals surface area (Å²) in [5.74, 6) is 0.615. The second-order valence-electron chi connectivity index (χ2n) is 4.97. The average Bonchev–Trinajstić information content (AvgIpc) is 2.59. The molecule has 0 aromatic rings. The first-order valence-electron chi connectivity index (χ1n) is 6.03. The van der Waals surface area contributed by atoms with E-state index in [1.165, 1.54) is 6.26 Å². The van der Waals surface area contributed by atoms with Gasteiger partial charge in [0.25, 0.3) is 0 Å². The minimum absolute atomic E-state index is 0.0146. The van der Waals surface area contributed by atoms with Gasteiger partial charge in [0.1, 0.15) is 15.4 Å². The van der Waals surface area contributed by atoms with Gasteiger partial charge in [-0.2, -0.15) is 11.8 Å². The van der Waals surface area contributed by atoms with Gasteiger partial charge < -0.3 is 10.8 Å². The Balaban J connectivity index is 2.29. The number of aliphatic carboxylic acids is 1. The van der Waals surface area contributed by atoms with E-state index in [9.17, 15) is 13.2 Å². The third-order valence-electron chi connectivity index (χ3n) is 3.48. The molecule has 18 heavy (non-hydrogen) atoms. The van der Waals surface area contributed by atoms with Crippen molar-refractivity contribution in [1.29, 1.82) is 0 Å². The lowest BCUT2D eigenvalue weighted by Crippen LogP contribution is -2.51. The Morgan fingerprint density at radius 2 is 2.17 bits per heavy atom. The topological polar surface area (TPSA) is 97.5 Å². The van der Waals surface area contributed by atoms with Crippen LogP contribution >= 0.6 is 11.8 Å². The lowest BCUT2D eigenvalue weighted by molar-refractivity contribution is -0.144. The Bertz CT molecular complexity index is 396. The van der Waals surface area contributed by atoms with Crippen molar-refractivity contribution in [2.24, 2.45) is 11.7 Å². The van der Waals surface area contributed by atoms with Crippen molar-refractivity contribution < 1.29 is 18.3 Å². The van der Waals surface area contributed by atoms with Gasteiger partial charge in [0.2, 0.25) is 0 Å². The van der Waals surface area contributed by atoms with E-state index in [-0.39, 0.29) is 11.7 Å². The Kier molecular flexibility index (Phi) is 5.48. The summed E-state index contributed by atoms with van der Waals surface area (Å²) in [7, 11) is -2.90. The van der Waals surface area contributed by atoms with E-state index < -0.39 is 21.3 Å². The average molecular weight is 295 g/mol. The molecule has 3 N–H and O–H groups in total. The number of carboxylic acid groups (broad SMARTS) is 1. The van der Waals surface area contributed by atoms with Gasteiger partial charge in [-0.05, 0) is 30.9 Å². The maximum atomic E-state index is 11.1. The highest BCUT2D eigenvalue weighted by atomic mass is 32.2. The standard InChI is InChI=1S/C11H21NO4S2/c1-18(15,16)8-7-17-6-4-9-3-2-5-11(9,12)10(13)14/h9H,2-8,12H2,1H3,(H,13,14). The van der Waals surface area contributed by atoms with Crippen LogP contribution in [-0.4, -0.2) is 48.5 Å². The molecule has 7 heteroatoms. The van der Waals surface area contributed by atoms with E-state index in [0.29, 0.717) is 12.2 Å². The number of carboxylic acids is 1. The molecule has 1 aliphatic rings. The molecule has 1 fully saturated rings. The summed E-state index contributed by atoms with van der Waals surface area (Å²) in [6.45, 7) is 0. The highest BCUT2D eigenvalue weighted by Crippen LogP contribution is 2.36. The molecule has 2 unspecified atom stereocenters. The maximum Gasteiger partial charge on any atom is 0.323 e. The molecule has 1 aliphatic carbocycles. The fourth-order valence-electron chi connectivity index (χ4n) is 2.32. The molecule has 2 atom stereocenters. The number of nitrogens with two attached hydrogens (primary N) is 1. The Labute approximate surface area is 112 Å². The van der Waals surface area contributed by atoms with Crippen LogP contribution in [0, 0.1) is 5.92 Å². The molecular formula is C11H21NO4S2. The molecular weight excluding hydrogens is 274 g/mol. The quantitative estimate of drug-likeness (QED) is 0.672. The van der Waals surface area contributed by atoms with Crippen molar-refractivity contribution in [2.45, 2.75) is 31.2 Å². The van der Waals surface area contributed by atoms with Gasteiger partial charge in [0.15, 0.2) is 0 Å². The maximum absolute atomic E-state index is 11.1. The fraction of sp³-hybridized carbons (Fsp3) is 0.909. The van der Waals surface area contributed by atoms with Crippen LogP contribution < -0.4 is 5.73 Å². The SMILES string of the molecule is CS(=O)(=O)CCSCCC1CCCC1(N)C(=O)O. The van der Waals surface area contributed by atoms with Crippen molar-refractivity contribution in [3.63, 3.8) is 0 Å². The molecule has 0 spiro atoms. The lowest BCUT2D eigenvalue weighted by Gasteiger charge is -2.26. The first kappa shape index (κ1) is 15.8. The van der Waals surface area contributed by atoms with Crippen LogP contribution in [0.5, 0.6) is 0 Å². The highest BCUT2D eigenvalue weighted by Gasteiger charge is 2.45. The van der Waals surface area contributed by atoms with Gasteiger partial charge in [-0.15, -0.1) is 0 Å². The van der Waals surface area contributed by atoms with Crippen LogP contribution in [0.15, 0.2) is 0 Å². The van der Waals surface area contributed by atoms with Crippen molar-refractivity contribution in [3.8, 4) is 0 Å². The summed E-state index contributed by atoms with van der Waals surface area (Å²) in [5.41, 5.74) is 4.85.